The van der Waals surface area contributed by atoms with Crippen molar-refractivity contribution < 1.29 is 10.0 Å². The molecule has 1 saturated heterocycles. The minimum absolute atomic E-state index is 0.0107. The predicted molar refractivity (Wildman–Crippen MR) is 58.3 cm³/mol. The molecule has 1 aromatic heterocycles. The van der Waals surface area contributed by atoms with Crippen LogP contribution in [0.3, 0.4) is 0 Å². The molecule has 1 unspecified atom stereocenters. The van der Waals surface area contributed by atoms with Crippen molar-refractivity contribution in [2.75, 3.05) is 18.1 Å². The van der Waals surface area contributed by atoms with Crippen molar-refractivity contribution in [3.8, 4) is 0 Å². The van der Waals surface area contributed by atoms with Gasteiger partial charge in [-0.3, -0.25) is 10.1 Å². The number of hydrogen-bond acceptors (Lipinski definition) is 5. The lowest BCUT2D eigenvalue weighted by Crippen LogP contribution is -2.32. The van der Waals surface area contributed by atoms with Gasteiger partial charge in [-0.15, -0.1) is 0 Å². The molecule has 6 nitrogen and oxygen atoms in total. The number of rotatable bonds is 3. The highest BCUT2D eigenvalue weighted by molar-refractivity contribution is 5.44. The summed E-state index contributed by atoms with van der Waals surface area (Å²) in [6.45, 7) is 0.939. The van der Waals surface area contributed by atoms with Crippen molar-refractivity contribution in [3.63, 3.8) is 0 Å². The molecule has 0 bridgehead atoms. The summed E-state index contributed by atoms with van der Waals surface area (Å²) in [4.78, 5) is 16.0. The number of aliphatic hydroxyl groups excluding tert-OH is 1. The molecule has 2 heterocycles. The molecule has 0 spiro atoms. The number of nitro groups is 1. The van der Waals surface area contributed by atoms with E-state index in [1.807, 2.05) is 4.90 Å². The normalized spacial score (nSPS) is 20.1. The molecule has 1 N–H and O–H groups in total. The molecule has 6 heteroatoms. The predicted octanol–water partition coefficient (Wildman–Crippen LogP) is 0.951. The Balaban J connectivity index is 2.18. The summed E-state index contributed by atoms with van der Waals surface area (Å²) in [5, 5.41) is 19.6. The molecule has 86 valence electrons. The summed E-state index contributed by atoms with van der Waals surface area (Å²) < 4.78 is 0. The molecule has 1 atom stereocenters. The number of aromatic nitrogens is 1. The fraction of sp³-hybridized carbons (Fsp3) is 0.500. The molecule has 1 fully saturated rings. The molecule has 1 aromatic rings. The van der Waals surface area contributed by atoms with Crippen molar-refractivity contribution in [3.05, 3.63) is 28.4 Å². The molecular weight excluding hydrogens is 210 g/mol. The Labute approximate surface area is 92.7 Å². The van der Waals surface area contributed by atoms with Gasteiger partial charge < -0.3 is 10.0 Å². The van der Waals surface area contributed by atoms with Gasteiger partial charge in [0.05, 0.1) is 17.6 Å². The summed E-state index contributed by atoms with van der Waals surface area (Å²) >= 11 is 0. The highest BCUT2D eigenvalue weighted by Crippen LogP contribution is 2.24. The van der Waals surface area contributed by atoms with Gasteiger partial charge in [0.1, 0.15) is 12.0 Å². The van der Waals surface area contributed by atoms with Crippen molar-refractivity contribution in [2.24, 2.45) is 0 Å². The quantitative estimate of drug-likeness (QED) is 0.609. The summed E-state index contributed by atoms with van der Waals surface area (Å²) in [5.74, 6) is 0.696. The van der Waals surface area contributed by atoms with Crippen LogP contribution in [0.25, 0.3) is 0 Å². The third kappa shape index (κ3) is 1.96. The van der Waals surface area contributed by atoms with Gasteiger partial charge in [-0.1, -0.05) is 0 Å². The van der Waals surface area contributed by atoms with Crippen LogP contribution in [0.2, 0.25) is 0 Å². The van der Waals surface area contributed by atoms with Crippen LogP contribution in [0.15, 0.2) is 18.3 Å². The lowest BCUT2D eigenvalue weighted by molar-refractivity contribution is -0.385. The largest absolute Gasteiger partial charge is 0.394 e. The van der Waals surface area contributed by atoms with E-state index in [9.17, 15) is 10.1 Å². The zero-order valence-electron chi connectivity index (χ0n) is 8.74. The average Bonchev–Trinajstić information content (AvgIpc) is 2.77. The van der Waals surface area contributed by atoms with Crippen molar-refractivity contribution in [1.29, 1.82) is 0 Å². The lowest BCUT2D eigenvalue weighted by atomic mass is 10.2. The minimum atomic E-state index is -0.468. The molecule has 0 saturated carbocycles. The van der Waals surface area contributed by atoms with Gasteiger partial charge in [-0.25, -0.2) is 4.98 Å². The van der Waals surface area contributed by atoms with Gasteiger partial charge in [0, 0.05) is 12.6 Å². The number of nitrogens with zero attached hydrogens (tertiary/aromatic N) is 3. The van der Waals surface area contributed by atoms with Gasteiger partial charge in [0.15, 0.2) is 0 Å². The average molecular weight is 223 g/mol. The number of hydrogen-bond donors (Lipinski definition) is 1. The summed E-state index contributed by atoms with van der Waals surface area (Å²) in [6.07, 6.45) is 3.21. The van der Waals surface area contributed by atoms with E-state index in [2.05, 4.69) is 4.98 Å². The van der Waals surface area contributed by atoms with E-state index in [4.69, 9.17) is 5.11 Å². The zero-order chi connectivity index (χ0) is 11.5. The summed E-state index contributed by atoms with van der Waals surface area (Å²) in [6, 6.07) is 3.16. The number of pyridine rings is 1. The molecule has 16 heavy (non-hydrogen) atoms. The van der Waals surface area contributed by atoms with E-state index in [-0.39, 0.29) is 18.3 Å². The molecule has 1 aliphatic rings. The van der Waals surface area contributed by atoms with E-state index < -0.39 is 4.92 Å². The van der Waals surface area contributed by atoms with Crippen molar-refractivity contribution in [1.82, 2.24) is 4.98 Å². The van der Waals surface area contributed by atoms with Crippen molar-refractivity contribution in [2.45, 2.75) is 18.9 Å². The van der Waals surface area contributed by atoms with Gasteiger partial charge in [0.25, 0.3) is 5.69 Å². The second kappa shape index (κ2) is 4.44. The lowest BCUT2D eigenvalue weighted by Gasteiger charge is -2.23. The third-order valence-corrected chi connectivity index (χ3v) is 2.83. The topological polar surface area (TPSA) is 79.5 Å². The highest BCUT2D eigenvalue weighted by Gasteiger charge is 2.25. The van der Waals surface area contributed by atoms with E-state index in [1.54, 1.807) is 6.07 Å². The Morgan fingerprint density at radius 2 is 2.44 bits per heavy atom. The standard InChI is InChI=1S/C10H13N3O3/c14-7-9-2-1-5-12(9)10-4-3-8(6-11-10)13(15)16/h3-4,6,9,14H,1-2,5,7H2. The second-order valence-electron chi connectivity index (χ2n) is 3.80. The van der Waals surface area contributed by atoms with Crippen LogP contribution in [0.1, 0.15) is 12.8 Å². The first-order valence-corrected chi connectivity index (χ1v) is 5.20. The number of anilines is 1. The summed E-state index contributed by atoms with van der Waals surface area (Å²) in [7, 11) is 0. The molecule has 2 rings (SSSR count). The van der Waals surface area contributed by atoms with Crippen LogP contribution in [0.4, 0.5) is 11.5 Å². The summed E-state index contributed by atoms with van der Waals surface area (Å²) in [5.41, 5.74) is -0.0107. The SMILES string of the molecule is O=[N+]([O-])c1ccc(N2CCCC2CO)nc1. The first-order valence-electron chi connectivity index (χ1n) is 5.20. The Bertz CT molecular complexity index is 379. The van der Waals surface area contributed by atoms with Crippen LogP contribution in [0.5, 0.6) is 0 Å². The molecule has 0 radical (unpaired) electrons. The maximum absolute atomic E-state index is 10.5. The molecule has 0 amide bonds. The van der Waals surface area contributed by atoms with Crippen LogP contribution in [0, 0.1) is 10.1 Å². The fourth-order valence-corrected chi connectivity index (χ4v) is 1.98. The van der Waals surface area contributed by atoms with Crippen molar-refractivity contribution >= 4 is 11.5 Å². The fourth-order valence-electron chi connectivity index (χ4n) is 1.98. The molecule has 1 aliphatic heterocycles. The Morgan fingerprint density at radius 1 is 1.62 bits per heavy atom. The number of aliphatic hydroxyl groups is 1. The maximum atomic E-state index is 10.5. The van der Waals surface area contributed by atoms with Gasteiger partial charge in [-0.2, -0.15) is 0 Å². The maximum Gasteiger partial charge on any atom is 0.287 e. The van der Waals surface area contributed by atoms with Gasteiger partial charge >= 0.3 is 0 Å². The smallest absolute Gasteiger partial charge is 0.287 e. The first kappa shape index (κ1) is 10.8. The van der Waals surface area contributed by atoms with E-state index in [0.29, 0.717) is 5.82 Å². The monoisotopic (exact) mass is 223 g/mol. The Morgan fingerprint density at radius 3 is 3.00 bits per heavy atom. The first-order chi connectivity index (χ1) is 7.72. The van der Waals surface area contributed by atoms with Crippen LogP contribution in [-0.4, -0.2) is 34.2 Å². The Kier molecular flexibility index (Phi) is 3.00. The molecular formula is C10H13N3O3. The van der Waals surface area contributed by atoms with Gasteiger partial charge in [-0.05, 0) is 18.9 Å². The van der Waals surface area contributed by atoms with E-state index >= 15 is 0 Å². The molecule has 0 aromatic carbocycles. The van der Waals surface area contributed by atoms with Crippen LogP contribution < -0.4 is 4.90 Å². The van der Waals surface area contributed by atoms with Crippen LogP contribution >= 0.6 is 0 Å². The second-order valence-corrected chi connectivity index (χ2v) is 3.80. The Hall–Kier alpha value is -1.69. The highest BCUT2D eigenvalue weighted by atomic mass is 16.6. The third-order valence-electron chi connectivity index (χ3n) is 2.83. The van der Waals surface area contributed by atoms with Crippen LogP contribution in [-0.2, 0) is 0 Å². The molecule has 0 aliphatic carbocycles. The minimum Gasteiger partial charge on any atom is -0.394 e. The van der Waals surface area contributed by atoms with E-state index in [0.717, 1.165) is 19.4 Å². The van der Waals surface area contributed by atoms with Gasteiger partial charge in [0.2, 0.25) is 0 Å². The zero-order valence-corrected chi connectivity index (χ0v) is 8.74. The van der Waals surface area contributed by atoms with E-state index in [1.165, 1.54) is 12.3 Å².